The molecule has 0 bridgehead atoms. The van der Waals surface area contributed by atoms with Crippen molar-refractivity contribution in [1.82, 2.24) is 14.9 Å². The molecule has 0 aliphatic rings. The zero-order valence-corrected chi connectivity index (χ0v) is 18.4. The van der Waals surface area contributed by atoms with Gasteiger partial charge in [0.15, 0.2) is 5.82 Å². The third-order valence-electron chi connectivity index (χ3n) is 4.67. The molecule has 10 heteroatoms. The minimum absolute atomic E-state index is 0.0139. The van der Waals surface area contributed by atoms with Crippen molar-refractivity contribution in [2.24, 2.45) is 5.92 Å². The van der Waals surface area contributed by atoms with E-state index in [4.69, 9.17) is 0 Å². The van der Waals surface area contributed by atoms with Gasteiger partial charge in [-0.3, -0.25) is 14.4 Å². The van der Waals surface area contributed by atoms with Crippen LogP contribution in [0, 0.1) is 17.6 Å². The summed E-state index contributed by atoms with van der Waals surface area (Å²) in [6.45, 7) is 4.27. The van der Waals surface area contributed by atoms with Crippen LogP contribution in [0.5, 0.6) is 0 Å². The molecule has 2 aromatic rings. The number of aromatic nitrogens is 2. The number of esters is 1. The summed E-state index contributed by atoms with van der Waals surface area (Å²) in [6, 6.07) is 2.05. The second-order valence-corrected chi connectivity index (χ2v) is 7.69. The van der Waals surface area contributed by atoms with E-state index in [-0.39, 0.29) is 30.3 Å². The van der Waals surface area contributed by atoms with Gasteiger partial charge in [-0.1, -0.05) is 20.3 Å². The first-order chi connectivity index (χ1) is 15.2. The predicted octanol–water partition coefficient (Wildman–Crippen LogP) is 2.83. The van der Waals surface area contributed by atoms with Crippen LogP contribution in [0.4, 0.5) is 14.6 Å². The Hall–Kier alpha value is -3.30. The number of rotatable bonds is 11. The van der Waals surface area contributed by atoms with Crippen molar-refractivity contribution < 1.29 is 27.9 Å². The van der Waals surface area contributed by atoms with E-state index in [2.05, 4.69) is 20.4 Å². The van der Waals surface area contributed by atoms with Crippen LogP contribution in [0.1, 0.15) is 38.7 Å². The van der Waals surface area contributed by atoms with Crippen LogP contribution in [0.3, 0.4) is 0 Å². The molecule has 174 valence electrons. The van der Waals surface area contributed by atoms with Gasteiger partial charge >= 0.3 is 5.97 Å². The lowest BCUT2D eigenvalue weighted by atomic mass is 10.1. The van der Waals surface area contributed by atoms with Crippen molar-refractivity contribution in [3.63, 3.8) is 0 Å². The van der Waals surface area contributed by atoms with E-state index in [1.54, 1.807) is 10.8 Å². The van der Waals surface area contributed by atoms with E-state index >= 15 is 0 Å². The summed E-state index contributed by atoms with van der Waals surface area (Å²) in [7, 11) is 1.34. The number of imidazole rings is 1. The minimum Gasteiger partial charge on any atom is -0.469 e. The van der Waals surface area contributed by atoms with Crippen LogP contribution >= 0.6 is 0 Å². The highest BCUT2D eigenvalue weighted by atomic mass is 19.1. The lowest BCUT2D eigenvalue weighted by Crippen LogP contribution is -2.44. The maximum Gasteiger partial charge on any atom is 0.305 e. The number of methoxy groups -OCH3 is 1. The van der Waals surface area contributed by atoms with Gasteiger partial charge in [0.25, 0.3) is 0 Å². The number of nitrogens with zero attached hydrogens (tertiary/aromatic N) is 2. The van der Waals surface area contributed by atoms with E-state index < -0.39 is 29.5 Å². The summed E-state index contributed by atoms with van der Waals surface area (Å²) in [5.74, 6) is -2.49. The van der Waals surface area contributed by atoms with Gasteiger partial charge in [-0.25, -0.2) is 13.8 Å². The van der Waals surface area contributed by atoms with Crippen molar-refractivity contribution >= 4 is 23.6 Å². The van der Waals surface area contributed by atoms with Gasteiger partial charge in [0, 0.05) is 25.2 Å². The van der Waals surface area contributed by atoms with Crippen molar-refractivity contribution in [2.75, 3.05) is 12.4 Å². The SMILES string of the molecule is CCCC(NC(=O)Cc1cc(F)cc(F)c1)C(=O)Nc1cn(CC(C)CC(=O)OC)cn1. The van der Waals surface area contributed by atoms with Crippen LogP contribution in [0.15, 0.2) is 30.7 Å². The molecule has 1 aromatic heterocycles. The minimum atomic E-state index is -0.825. The number of hydrogen-bond donors (Lipinski definition) is 2. The second-order valence-electron chi connectivity index (χ2n) is 7.69. The Bertz CT molecular complexity index is 928. The standard InChI is InChI=1S/C22H28F2N4O4/c1-4-5-18(26-20(29)9-15-7-16(23)10-17(24)8-15)22(31)27-19-12-28(13-25-19)11-14(2)6-21(30)32-3/h7-8,10,12-14,18H,4-6,9,11H2,1-3H3,(H,26,29)(H,27,31). The van der Waals surface area contributed by atoms with Gasteiger partial charge in [0.1, 0.15) is 17.7 Å². The second kappa shape index (κ2) is 11.9. The average Bonchev–Trinajstić information content (AvgIpc) is 3.12. The fourth-order valence-corrected chi connectivity index (χ4v) is 3.23. The van der Waals surface area contributed by atoms with E-state index in [9.17, 15) is 23.2 Å². The van der Waals surface area contributed by atoms with Crippen LogP contribution in [0.25, 0.3) is 0 Å². The Balaban J connectivity index is 1.94. The first-order valence-electron chi connectivity index (χ1n) is 10.3. The van der Waals surface area contributed by atoms with Gasteiger partial charge in [0.2, 0.25) is 11.8 Å². The fourth-order valence-electron chi connectivity index (χ4n) is 3.23. The highest BCUT2D eigenvalue weighted by Crippen LogP contribution is 2.12. The highest BCUT2D eigenvalue weighted by molar-refractivity contribution is 5.96. The molecule has 1 heterocycles. The Morgan fingerprint density at radius 1 is 1.19 bits per heavy atom. The largest absolute Gasteiger partial charge is 0.469 e. The van der Waals surface area contributed by atoms with Gasteiger partial charge in [-0.2, -0.15) is 0 Å². The van der Waals surface area contributed by atoms with Gasteiger partial charge in [0.05, 0.1) is 19.9 Å². The van der Waals surface area contributed by atoms with Crippen LogP contribution in [-0.4, -0.2) is 40.5 Å². The average molecular weight is 450 g/mol. The molecule has 0 aliphatic heterocycles. The first kappa shape index (κ1) is 25.0. The third-order valence-corrected chi connectivity index (χ3v) is 4.67. The van der Waals surface area contributed by atoms with Gasteiger partial charge in [-0.15, -0.1) is 0 Å². The molecule has 0 radical (unpaired) electrons. The Kier molecular flexibility index (Phi) is 9.30. The molecule has 32 heavy (non-hydrogen) atoms. The third kappa shape index (κ3) is 8.09. The number of amides is 2. The molecule has 2 atom stereocenters. The van der Waals surface area contributed by atoms with E-state index in [0.29, 0.717) is 25.2 Å². The fraction of sp³-hybridized carbons (Fsp3) is 0.455. The lowest BCUT2D eigenvalue weighted by Gasteiger charge is -2.17. The first-order valence-corrected chi connectivity index (χ1v) is 10.3. The topological polar surface area (TPSA) is 102 Å². The molecule has 0 saturated heterocycles. The molecule has 2 N–H and O–H groups in total. The summed E-state index contributed by atoms with van der Waals surface area (Å²) in [4.78, 5) is 40.5. The summed E-state index contributed by atoms with van der Waals surface area (Å²) in [5.41, 5.74) is 0.176. The summed E-state index contributed by atoms with van der Waals surface area (Å²) < 4.78 is 33.1. The molecule has 0 saturated carbocycles. The smallest absolute Gasteiger partial charge is 0.305 e. The van der Waals surface area contributed by atoms with Crippen LogP contribution in [-0.2, 0) is 32.1 Å². The number of ether oxygens (including phenoxy) is 1. The van der Waals surface area contributed by atoms with Crippen LogP contribution < -0.4 is 10.6 Å². The maximum atomic E-state index is 13.3. The number of anilines is 1. The molecule has 2 rings (SSSR count). The van der Waals surface area contributed by atoms with Crippen molar-refractivity contribution in [1.29, 1.82) is 0 Å². The molecule has 0 aliphatic carbocycles. The molecule has 1 aromatic carbocycles. The summed E-state index contributed by atoms with van der Waals surface area (Å²) >= 11 is 0. The lowest BCUT2D eigenvalue weighted by molar-refractivity contribution is -0.141. The zero-order valence-electron chi connectivity index (χ0n) is 18.4. The molecular weight excluding hydrogens is 422 g/mol. The van der Waals surface area contributed by atoms with Gasteiger partial charge < -0.3 is 19.9 Å². The van der Waals surface area contributed by atoms with E-state index in [1.165, 1.54) is 13.4 Å². The zero-order chi connectivity index (χ0) is 23.7. The maximum absolute atomic E-state index is 13.3. The molecule has 8 nitrogen and oxygen atoms in total. The van der Waals surface area contributed by atoms with E-state index in [0.717, 1.165) is 18.2 Å². The van der Waals surface area contributed by atoms with Gasteiger partial charge in [-0.05, 0) is 30.0 Å². The van der Waals surface area contributed by atoms with Crippen molar-refractivity contribution in [3.05, 3.63) is 47.9 Å². The monoisotopic (exact) mass is 450 g/mol. The van der Waals surface area contributed by atoms with E-state index in [1.807, 2.05) is 13.8 Å². The Labute approximate surface area is 185 Å². The summed E-state index contributed by atoms with van der Waals surface area (Å²) in [6.07, 6.45) is 4.19. The van der Waals surface area contributed by atoms with Crippen molar-refractivity contribution in [2.45, 2.75) is 52.1 Å². The number of nitrogens with one attached hydrogen (secondary N) is 2. The number of benzene rings is 1. The number of halogens is 2. The summed E-state index contributed by atoms with van der Waals surface area (Å²) in [5, 5.41) is 5.27. The normalized spacial score (nSPS) is 12.7. The molecule has 2 unspecified atom stereocenters. The van der Waals surface area contributed by atoms with Crippen LogP contribution in [0.2, 0.25) is 0 Å². The quantitative estimate of drug-likeness (QED) is 0.513. The predicted molar refractivity (Wildman–Crippen MR) is 114 cm³/mol. The number of hydrogen-bond acceptors (Lipinski definition) is 5. The Morgan fingerprint density at radius 2 is 1.88 bits per heavy atom. The molecular formula is C22H28F2N4O4. The molecule has 0 spiro atoms. The Morgan fingerprint density at radius 3 is 2.50 bits per heavy atom. The molecule has 0 fully saturated rings. The number of carbonyl (C=O) groups is 3. The number of carbonyl (C=O) groups excluding carboxylic acids is 3. The van der Waals surface area contributed by atoms with Crippen molar-refractivity contribution in [3.8, 4) is 0 Å². The molecule has 2 amide bonds. The highest BCUT2D eigenvalue weighted by Gasteiger charge is 2.21.